The van der Waals surface area contributed by atoms with E-state index in [-0.39, 0.29) is 6.03 Å². The second-order valence-corrected chi connectivity index (χ2v) is 6.20. The molecule has 1 N–H and O–H groups in total. The van der Waals surface area contributed by atoms with Gasteiger partial charge in [-0.2, -0.15) is 0 Å². The van der Waals surface area contributed by atoms with E-state index < -0.39 is 12.0 Å². The zero-order valence-electron chi connectivity index (χ0n) is 11.8. The molecule has 0 bridgehead atoms. The molecule has 0 aromatic rings. The lowest BCUT2D eigenvalue weighted by Crippen LogP contribution is -2.54. The Hall–Kier alpha value is -1.30. The Bertz CT molecular complexity index is 389. The number of nitrogens with zero attached hydrogens (tertiary/aromatic N) is 3. The highest BCUT2D eigenvalue weighted by molar-refractivity contribution is 5.83. The normalized spacial score (nSPS) is 27.9. The third-order valence-corrected chi connectivity index (χ3v) is 4.64. The molecule has 2 aliphatic heterocycles. The van der Waals surface area contributed by atoms with Gasteiger partial charge in [-0.1, -0.05) is 0 Å². The summed E-state index contributed by atoms with van der Waals surface area (Å²) in [5.74, 6) is 0.00967. The van der Waals surface area contributed by atoms with E-state index in [0.29, 0.717) is 13.0 Å². The van der Waals surface area contributed by atoms with E-state index in [4.69, 9.17) is 5.11 Å². The van der Waals surface area contributed by atoms with Crippen LogP contribution in [0, 0.1) is 5.92 Å². The largest absolute Gasteiger partial charge is 0.480 e. The van der Waals surface area contributed by atoms with Crippen LogP contribution in [0.5, 0.6) is 0 Å². The number of carbonyl (C=O) groups excluding carboxylic acids is 1. The Morgan fingerprint density at radius 1 is 1.00 bits per heavy atom. The number of aliphatic carboxylic acids is 1. The molecule has 6 nitrogen and oxygen atoms in total. The minimum absolute atomic E-state index is 0.0824. The molecule has 1 aliphatic carbocycles. The number of urea groups is 1. The predicted octanol–water partition coefficient (Wildman–Crippen LogP) is 0.683. The number of rotatable bonds is 3. The smallest absolute Gasteiger partial charge is 0.326 e. The van der Waals surface area contributed by atoms with Gasteiger partial charge in [0.15, 0.2) is 0 Å². The van der Waals surface area contributed by atoms with E-state index in [1.807, 2.05) is 4.90 Å². The second-order valence-electron chi connectivity index (χ2n) is 6.20. The Morgan fingerprint density at radius 2 is 1.70 bits per heavy atom. The number of carboxylic acids is 1. The van der Waals surface area contributed by atoms with E-state index in [1.165, 1.54) is 19.4 Å². The summed E-state index contributed by atoms with van der Waals surface area (Å²) in [5, 5.41) is 9.16. The number of carbonyl (C=O) groups is 2. The zero-order valence-corrected chi connectivity index (χ0v) is 11.8. The standard InChI is InChI=1S/C14H23N3O3/c18-13(19)12-2-1-5-17(12)14(20)16-8-6-15(7-9-16)10-11-3-4-11/h11-12H,1-10H2,(H,18,19)/t12-/m1/s1. The third kappa shape index (κ3) is 2.90. The van der Waals surface area contributed by atoms with Gasteiger partial charge in [-0.25, -0.2) is 9.59 Å². The summed E-state index contributed by atoms with van der Waals surface area (Å²) >= 11 is 0. The van der Waals surface area contributed by atoms with Gasteiger partial charge >= 0.3 is 12.0 Å². The molecule has 2 heterocycles. The van der Waals surface area contributed by atoms with E-state index in [1.54, 1.807) is 4.90 Å². The van der Waals surface area contributed by atoms with Crippen molar-refractivity contribution in [3.63, 3.8) is 0 Å². The summed E-state index contributed by atoms with van der Waals surface area (Å²) in [6.45, 7) is 5.06. The van der Waals surface area contributed by atoms with Crippen molar-refractivity contribution in [2.24, 2.45) is 5.92 Å². The van der Waals surface area contributed by atoms with Crippen LogP contribution in [-0.4, -0.2) is 77.1 Å². The highest BCUT2D eigenvalue weighted by atomic mass is 16.4. The molecule has 3 fully saturated rings. The molecule has 3 rings (SSSR count). The van der Waals surface area contributed by atoms with Gasteiger partial charge < -0.3 is 14.9 Å². The van der Waals surface area contributed by atoms with Gasteiger partial charge in [0.2, 0.25) is 0 Å². The van der Waals surface area contributed by atoms with Crippen molar-refractivity contribution in [3.05, 3.63) is 0 Å². The summed E-state index contributed by atoms with van der Waals surface area (Å²) < 4.78 is 0. The molecular weight excluding hydrogens is 258 g/mol. The summed E-state index contributed by atoms with van der Waals surface area (Å²) in [4.78, 5) is 29.4. The van der Waals surface area contributed by atoms with Crippen LogP contribution in [-0.2, 0) is 4.79 Å². The third-order valence-electron chi connectivity index (χ3n) is 4.64. The number of piperazine rings is 1. The molecule has 0 aromatic carbocycles. The first kappa shape index (κ1) is 13.7. The average molecular weight is 281 g/mol. The van der Waals surface area contributed by atoms with Crippen LogP contribution in [0.15, 0.2) is 0 Å². The first-order valence-electron chi connectivity index (χ1n) is 7.66. The number of hydrogen-bond acceptors (Lipinski definition) is 3. The molecule has 0 unspecified atom stereocenters. The molecule has 0 aromatic heterocycles. The van der Waals surface area contributed by atoms with Gasteiger partial charge in [-0.05, 0) is 31.6 Å². The molecule has 1 saturated carbocycles. The first-order valence-corrected chi connectivity index (χ1v) is 7.66. The quantitative estimate of drug-likeness (QED) is 0.826. The molecule has 0 radical (unpaired) electrons. The molecule has 3 aliphatic rings. The van der Waals surface area contributed by atoms with Crippen molar-refractivity contribution in [2.45, 2.75) is 31.7 Å². The van der Waals surface area contributed by atoms with Crippen LogP contribution in [0.2, 0.25) is 0 Å². The van der Waals surface area contributed by atoms with Crippen LogP contribution in [0.3, 0.4) is 0 Å². The van der Waals surface area contributed by atoms with E-state index in [2.05, 4.69) is 4.90 Å². The molecule has 112 valence electrons. The van der Waals surface area contributed by atoms with Crippen LogP contribution < -0.4 is 0 Å². The molecule has 20 heavy (non-hydrogen) atoms. The Balaban J connectivity index is 1.51. The fraction of sp³-hybridized carbons (Fsp3) is 0.857. The van der Waals surface area contributed by atoms with Crippen molar-refractivity contribution in [1.29, 1.82) is 0 Å². The van der Waals surface area contributed by atoms with E-state index in [9.17, 15) is 9.59 Å². The lowest BCUT2D eigenvalue weighted by Gasteiger charge is -2.37. The Kier molecular flexibility index (Phi) is 3.83. The van der Waals surface area contributed by atoms with E-state index in [0.717, 1.165) is 38.5 Å². The van der Waals surface area contributed by atoms with Crippen LogP contribution in [0.25, 0.3) is 0 Å². The molecule has 2 amide bonds. The van der Waals surface area contributed by atoms with Crippen LogP contribution >= 0.6 is 0 Å². The topological polar surface area (TPSA) is 64.1 Å². The summed E-state index contributed by atoms with van der Waals surface area (Å²) in [5.41, 5.74) is 0. The molecule has 6 heteroatoms. The summed E-state index contributed by atoms with van der Waals surface area (Å²) in [6.07, 6.45) is 4.09. The molecular formula is C14H23N3O3. The lowest BCUT2D eigenvalue weighted by atomic mass is 10.2. The summed E-state index contributed by atoms with van der Waals surface area (Å²) in [6, 6.07) is -0.701. The predicted molar refractivity (Wildman–Crippen MR) is 73.5 cm³/mol. The Labute approximate surface area is 119 Å². The highest BCUT2D eigenvalue weighted by Crippen LogP contribution is 2.30. The highest BCUT2D eigenvalue weighted by Gasteiger charge is 2.37. The Morgan fingerprint density at radius 3 is 2.30 bits per heavy atom. The maximum Gasteiger partial charge on any atom is 0.326 e. The number of amides is 2. The molecule has 1 atom stereocenters. The number of likely N-dealkylation sites (tertiary alicyclic amines) is 1. The van der Waals surface area contributed by atoms with Gasteiger partial charge in [-0.15, -0.1) is 0 Å². The zero-order chi connectivity index (χ0) is 14.1. The van der Waals surface area contributed by atoms with Crippen molar-refractivity contribution >= 4 is 12.0 Å². The molecule has 2 saturated heterocycles. The van der Waals surface area contributed by atoms with Gasteiger partial charge in [0.05, 0.1) is 0 Å². The van der Waals surface area contributed by atoms with Crippen LogP contribution in [0.1, 0.15) is 25.7 Å². The number of hydrogen-bond donors (Lipinski definition) is 1. The first-order chi connectivity index (χ1) is 9.65. The minimum atomic E-state index is -0.872. The lowest BCUT2D eigenvalue weighted by molar-refractivity contribution is -0.141. The monoisotopic (exact) mass is 281 g/mol. The van der Waals surface area contributed by atoms with Crippen molar-refractivity contribution in [3.8, 4) is 0 Å². The summed E-state index contributed by atoms with van der Waals surface area (Å²) in [7, 11) is 0. The SMILES string of the molecule is O=C(O)[C@H]1CCCN1C(=O)N1CCN(CC2CC2)CC1. The average Bonchev–Trinajstić information content (AvgIpc) is 3.11. The van der Waals surface area contributed by atoms with E-state index >= 15 is 0 Å². The fourth-order valence-corrected chi connectivity index (χ4v) is 3.22. The maximum atomic E-state index is 12.4. The van der Waals surface area contributed by atoms with Crippen molar-refractivity contribution in [2.75, 3.05) is 39.3 Å². The van der Waals surface area contributed by atoms with Gasteiger partial charge in [-0.3, -0.25) is 4.90 Å². The maximum absolute atomic E-state index is 12.4. The van der Waals surface area contributed by atoms with Crippen molar-refractivity contribution in [1.82, 2.24) is 14.7 Å². The fourth-order valence-electron chi connectivity index (χ4n) is 3.22. The van der Waals surface area contributed by atoms with Gasteiger partial charge in [0.25, 0.3) is 0 Å². The van der Waals surface area contributed by atoms with Crippen molar-refractivity contribution < 1.29 is 14.7 Å². The van der Waals surface area contributed by atoms with Gasteiger partial charge in [0.1, 0.15) is 6.04 Å². The molecule has 0 spiro atoms. The minimum Gasteiger partial charge on any atom is -0.480 e. The van der Waals surface area contributed by atoms with Crippen LogP contribution in [0.4, 0.5) is 4.79 Å². The van der Waals surface area contributed by atoms with Gasteiger partial charge in [0, 0.05) is 39.3 Å². The number of carboxylic acid groups (broad SMARTS) is 1. The second kappa shape index (κ2) is 5.60.